The normalized spacial score (nSPS) is 11.7. The lowest BCUT2D eigenvalue weighted by Crippen LogP contribution is -2.38. The van der Waals surface area contributed by atoms with Gasteiger partial charge < -0.3 is 11.1 Å². The van der Waals surface area contributed by atoms with Crippen LogP contribution in [0.1, 0.15) is 20.8 Å². The number of carbonyl (C=O) groups is 1. The van der Waals surface area contributed by atoms with E-state index in [2.05, 4.69) is 41.6 Å². The van der Waals surface area contributed by atoms with E-state index in [0.29, 0.717) is 11.7 Å². The van der Waals surface area contributed by atoms with E-state index < -0.39 is 0 Å². The minimum atomic E-state index is -0.377. The van der Waals surface area contributed by atoms with Gasteiger partial charge in [0.2, 0.25) is 11.1 Å². The van der Waals surface area contributed by atoms with Crippen LogP contribution in [0, 0.1) is 0 Å². The lowest BCUT2D eigenvalue weighted by atomic mass is 10.1. The summed E-state index contributed by atoms with van der Waals surface area (Å²) >= 11 is 1.24. The lowest BCUT2D eigenvalue weighted by molar-refractivity contribution is -0.115. The molecule has 0 unspecified atom stereocenters. The molecule has 0 aromatic carbocycles. The first-order valence-electron chi connectivity index (χ1n) is 5.31. The van der Waals surface area contributed by atoms with Gasteiger partial charge in [0.1, 0.15) is 0 Å². The number of nitrogens with two attached hydrogens (primary N) is 1. The molecule has 96 valence electrons. The summed E-state index contributed by atoms with van der Waals surface area (Å²) in [7, 11) is 0. The molecular weight excluding hydrogens is 240 g/mol. The van der Waals surface area contributed by atoms with Crippen molar-refractivity contribution in [3.05, 3.63) is 0 Å². The van der Waals surface area contributed by atoms with Crippen LogP contribution < -0.4 is 11.1 Å². The molecular formula is C9H18N6OS. The van der Waals surface area contributed by atoms with Crippen LogP contribution in [0.15, 0.2) is 5.16 Å². The molecule has 0 bridgehead atoms. The smallest absolute Gasteiger partial charge is 0.227 e. The van der Waals surface area contributed by atoms with Crippen molar-refractivity contribution in [1.82, 2.24) is 25.5 Å². The van der Waals surface area contributed by atoms with Crippen LogP contribution in [-0.2, 0) is 11.3 Å². The summed E-state index contributed by atoms with van der Waals surface area (Å²) in [6, 6.07) is 0. The summed E-state index contributed by atoms with van der Waals surface area (Å²) in [6.45, 7) is 7.70. The summed E-state index contributed by atoms with van der Waals surface area (Å²) in [5.41, 5.74) is 5.13. The van der Waals surface area contributed by atoms with Gasteiger partial charge in [-0.3, -0.25) is 4.79 Å². The molecule has 0 saturated carbocycles. The third-order valence-corrected chi connectivity index (χ3v) is 2.80. The van der Waals surface area contributed by atoms with E-state index in [0.717, 1.165) is 6.54 Å². The molecule has 0 atom stereocenters. The maximum atomic E-state index is 10.7. The highest BCUT2D eigenvalue weighted by Gasteiger charge is 2.11. The molecule has 0 spiro atoms. The summed E-state index contributed by atoms with van der Waals surface area (Å²) < 4.78 is 1.66. The third-order valence-electron chi connectivity index (χ3n) is 1.82. The number of nitrogens with one attached hydrogen (secondary N) is 1. The van der Waals surface area contributed by atoms with Gasteiger partial charge in [-0.15, -0.1) is 5.10 Å². The first-order valence-corrected chi connectivity index (χ1v) is 6.29. The first kappa shape index (κ1) is 13.9. The van der Waals surface area contributed by atoms with Crippen LogP contribution in [0.2, 0.25) is 0 Å². The standard InChI is InChI=1S/C9H18N6OS/c1-9(2,3)11-4-5-15-8(12-13-14-15)17-6-7(10)16/h11H,4-6H2,1-3H3,(H2,10,16). The van der Waals surface area contributed by atoms with Gasteiger partial charge in [-0.2, -0.15) is 0 Å². The van der Waals surface area contributed by atoms with Crippen molar-refractivity contribution in [3.8, 4) is 0 Å². The number of rotatable bonds is 6. The average Bonchev–Trinajstić information content (AvgIpc) is 2.60. The van der Waals surface area contributed by atoms with Crippen molar-refractivity contribution in [1.29, 1.82) is 0 Å². The number of carbonyl (C=O) groups excluding carboxylic acids is 1. The second kappa shape index (κ2) is 5.97. The molecule has 0 saturated heterocycles. The van der Waals surface area contributed by atoms with E-state index in [1.165, 1.54) is 11.8 Å². The minimum absolute atomic E-state index is 0.0640. The highest BCUT2D eigenvalue weighted by atomic mass is 32.2. The topological polar surface area (TPSA) is 98.7 Å². The average molecular weight is 258 g/mol. The fourth-order valence-electron chi connectivity index (χ4n) is 1.11. The molecule has 17 heavy (non-hydrogen) atoms. The number of hydrogen-bond acceptors (Lipinski definition) is 6. The Morgan fingerprint density at radius 1 is 1.53 bits per heavy atom. The van der Waals surface area contributed by atoms with Gasteiger partial charge in [0.05, 0.1) is 12.3 Å². The Morgan fingerprint density at radius 3 is 2.82 bits per heavy atom. The summed E-state index contributed by atoms with van der Waals surface area (Å²) in [4.78, 5) is 10.7. The number of primary amides is 1. The van der Waals surface area contributed by atoms with Crippen LogP contribution in [0.25, 0.3) is 0 Å². The molecule has 8 heteroatoms. The number of aromatic nitrogens is 4. The van der Waals surface area contributed by atoms with E-state index in [1.54, 1.807) is 4.68 Å². The predicted molar refractivity (Wildman–Crippen MR) is 65.5 cm³/mol. The second-order valence-corrected chi connectivity index (χ2v) is 5.56. The highest BCUT2D eigenvalue weighted by Crippen LogP contribution is 2.12. The molecule has 0 aliphatic carbocycles. The number of thioether (sulfide) groups is 1. The Morgan fingerprint density at radius 2 is 2.24 bits per heavy atom. The molecule has 0 radical (unpaired) electrons. The third kappa shape index (κ3) is 5.64. The summed E-state index contributed by atoms with van der Waals surface area (Å²) in [5.74, 6) is -0.190. The van der Waals surface area contributed by atoms with Crippen LogP contribution in [-0.4, -0.2) is 44.0 Å². The van der Waals surface area contributed by atoms with Gasteiger partial charge in [-0.25, -0.2) is 4.68 Å². The lowest BCUT2D eigenvalue weighted by Gasteiger charge is -2.20. The van der Waals surface area contributed by atoms with Crippen molar-refractivity contribution in [2.75, 3.05) is 12.3 Å². The summed E-state index contributed by atoms with van der Waals surface area (Å²) in [6.07, 6.45) is 0. The molecule has 1 rings (SSSR count). The van der Waals surface area contributed by atoms with E-state index in [-0.39, 0.29) is 17.2 Å². The Balaban J connectivity index is 2.43. The zero-order valence-electron chi connectivity index (χ0n) is 10.3. The number of amides is 1. The molecule has 3 N–H and O–H groups in total. The molecule has 0 aliphatic rings. The first-order chi connectivity index (χ1) is 7.88. The van der Waals surface area contributed by atoms with E-state index in [4.69, 9.17) is 5.73 Å². The van der Waals surface area contributed by atoms with Crippen LogP contribution in [0.5, 0.6) is 0 Å². The van der Waals surface area contributed by atoms with Gasteiger partial charge >= 0.3 is 0 Å². The Kier molecular flexibility index (Phi) is 4.88. The highest BCUT2D eigenvalue weighted by molar-refractivity contribution is 7.99. The Hall–Kier alpha value is -1.15. The van der Waals surface area contributed by atoms with Crippen molar-refractivity contribution in [2.24, 2.45) is 5.73 Å². The van der Waals surface area contributed by atoms with Crippen molar-refractivity contribution < 1.29 is 4.79 Å². The van der Waals surface area contributed by atoms with Crippen molar-refractivity contribution in [3.63, 3.8) is 0 Å². The van der Waals surface area contributed by atoms with Crippen molar-refractivity contribution in [2.45, 2.75) is 38.0 Å². The van der Waals surface area contributed by atoms with Crippen molar-refractivity contribution >= 4 is 17.7 Å². The number of hydrogen-bond donors (Lipinski definition) is 2. The molecule has 1 aromatic rings. The Bertz CT molecular complexity index is 372. The van der Waals surface area contributed by atoms with Crippen LogP contribution >= 0.6 is 11.8 Å². The molecule has 0 fully saturated rings. The largest absolute Gasteiger partial charge is 0.369 e. The minimum Gasteiger partial charge on any atom is -0.369 e. The Labute approximate surface area is 105 Å². The zero-order chi connectivity index (χ0) is 12.9. The van der Waals surface area contributed by atoms with Crippen LogP contribution in [0.3, 0.4) is 0 Å². The van der Waals surface area contributed by atoms with Gasteiger partial charge in [0.25, 0.3) is 0 Å². The molecule has 1 amide bonds. The maximum Gasteiger partial charge on any atom is 0.227 e. The summed E-state index contributed by atoms with van der Waals surface area (Å²) in [5, 5.41) is 15.2. The molecule has 0 aliphatic heterocycles. The van der Waals surface area contributed by atoms with Gasteiger partial charge in [0, 0.05) is 12.1 Å². The maximum absolute atomic E-state index is 10.7. The number of nitrogens with zero attached hydrogens (tertiary/aromatic N) is 4. The molecule has 7 nitrogen and oxygen atoms in total. The fraction of sp³-hybridized carbons (Fsp3) is 0.778. The van der Waals surface area contributed by atoms with Gasteiger partial charge in [-0.05, 0) is 31.2 Å². The number of tetrazole rings is 1. The van der Waals surface area contributed by atoms with E-state index in [9.17, 15) is 4.79 Å². The van der Waals surface area contributed by atoms with Crippen LogP contribution in [0.4, 0.5) is 0 Å². The quantitative estimate of drug-likeness (QED) is 0.676. The van der Waals surface area contributed by atoms with Gasteiger partial charge in [0.15, 0.2) is 0 Å². The van der Waals surface area contributed by atoms with E-state index in [1.807, 2.05) is 0 Å². The SMILES string of the molecule is CC(C)(C)NCCn1nnnc1SCC(N)=O. The monoisotopic (exact) mass is 258 g/mol. The fourth-order valence-corrected chi connectivity index (χ4v) is 1.76. The second-order valence-electron chi connectivity index (χ2n) is 4.62. The van der Waals surface area contributed by atoms with Gasteiger partial charge in [-0.1, -0.05) is 11.8 Å². The molecule has 1 heterocycles. The zero-order valence-corrected chi connectivity index (χ0v) is 11.1. The molecule has 1 aromatic heterocycles. The van der Waals surface area contributed by atoms with E-state index >= 15 is 0 Å². The predicted octanol–water partition coefficient (Wildman–Crippen LogP) is -0.361.